The summed E-state index contributed by atoms with van der Waals surface area (Å²) in [7, 11) is 0. The molecule has 3 aromatic rings. The van der Waals surface area contributed by atoms with Crippen molar-refractivity contribution < 1.29 is 23.8 Å². The van der Waals surface area contributed by atoms with Gasteiger partial charge in [-0.05, 0) is 47.5 Å². The van der Waals surface area contributed by atoms with Crippen LogP contribution in [0.2, 0.25) is 0 Å². The minimum absolute atomic E-state index is 0.0738. The molecule has 8 heteroatoms. The van der Waals surface area contributed by atoms with Gasteiger partial charge in [0.15, 0.2) is 5.54 Å². The summed E-state index contributed by atoms with van der Waals surface area (Å²) in [6, 6.07) is 23.1. The van der Waals surface area contributed by atoms with Crippen molar-refractivity contribution in [2.24, 2.45) is 4.99 Å². The second kappa shape index (κ2) is 12.8. The molecule has 1 atom stereocenters. The van der Waals surface area contributed by atoms with Gasteiger partial charge in [-0.15, -0.1) is 0 Å². The Morgan fingerprint density at radius 3 is 2.57 bits per heavy atom. The van der Waals surface area contributed by atoms with E-state index < -0.39 is 5.54 Å². The van der Waals surface area contributed by atoms with Crippen LogP contribution in [0.5, 0.6) is 5.75 Å². The van der Waals surface area contributed by atoms with Gasteiger partial charge in [0.1, 0.15) is 18.2 Å². The highest BCUT2D eigenvalue weighted by atomic mass is 19.1. The van der Waals surface area contributed by atoms with E-state index in [4.69, 9.17) is 19.6 Å². The molecule has 0 spiro atoms. The van der Waals surface area contributed by atoms with E-state index in [0.29, 0.717) is 37.6 Å². The minimum Gasteiger partial charge on any atom is -0.494 e. The summed E-state index contributed by atoms with van der Waals surface area (Å²) in [4.78, 5) is 18.1. The summed E-state index contributed by atoms with van der Waals surface area (Å²) < 4.78 is 24.6. The van der Waals surface area contributed by atoms with E-state index in [2.05, 4.69) is 10.9 Å². The van der Waals surface area contributed by atoms with Gasteiger partial charge < -0.3 is 14.6 Å². The van der Waals surface area contributed by atoms with Crippen LogP contribution in [0, 0.1) is 5.82 Å². The largest absolute Gasteiger partial charge is 0.494 e. The number of hydrogen-bond acceptors (Lipinski definition) is 6. The van der Waals surface area contributed by atoms with Crippen molar-refractivity contribution in [3.8, 4) is 5.75 Å². The van der Waals surface area contributed by atoms with Crippen LogP contribution >= 0.6 is 0 Å². The molecule has 0 aromatic heterocycles. The van der Waals surface area contributed by atoms with Gasteiger partial charge in [-0.25, -0.2) is 14.8 Å². The summed E-state index contributed by atoms with van der Waals surface area (Å²) in [6.45, 7) is 0.914. The third kappa shape index (κ3) is 7.25. The number of nitrogens with one attached hydrogen (secondary N) is 2. The zero-order valence-corrected chi connectivity index (χ0v) is 20.4. The molecule has 1 aliphatic rings. The highest BCUT2D eigenvalue weighted by Gasteiger charge is 2.43. The van der Waals surface area contributed by atoms with Gasteiger partial charge in [0, 0.05) is 31.6 Å². The molecule has 0 radical (unpaired) electrons. The summed E-state index contributed by atoms with van der Waals surface area (Å²) in [6.07, 6.45) is 4.76. The number of aliphatic imine (C=N–C) groups is 1. The molecular weight excluding hydrogens is 473 g/mol. The third-order valence-corrected chi connectivity index (χ3v) is 5.83. The quantitative estimate of drug-likeness (QED) is 0.256. The Labute approximate surface area is 215 Å². The monoisotopic (exact) mass is 503 g/mol. The fourth-order valence-corrected chi connectivity index (χ4v) is 3.76. The predicted octanol–water partition coefficient (Wildman–Crippen LogP) is 4.03. The minimum atomic E-state index is -1.16. The number of carbonyl (C=O) groups is 1. The first kappa shape index (κ1) is 26.1. The number of benzene rings is 3. The highest BCUT2D eigenvalue weighted by Crippen LogP contribution is 2.27. The summed E-state index contributed by atoms with van der Waals surface area (Å²) >= 11 is 0. The fourth-order valence-electron chi connectivity index (χ4n) is 3.76. The van der Waals surface area contributed by atoms with E-state index in [0.717, 1.165) is 16.7 Å². The molecule has 0 bridgehead atoms. The molecule has 192 valence electrons. The van der Waals surface area contributed by atoms with Crippen LogP contribution < -0.4 is 15.6 Å². The van der Waals surface area contributed by atoms with Gasteiger partial charge >= 0.3 is 0 Å². The number of amides is 1. The maximum atomic E-state index is 13.3. The lowest BCUT2D eigenvalue weighted by atomic mass is 9.95. The number of ether oxygens (including phenoxy) is 2. The van der Waals surface area contributed by atoms with Crippen LogP contribution in [0.3, 0.4) is 0 Å². The van der Waals surface area contributed by atoms with Crippen molar-refractivity contribution in [1.82, 2.24) is 10.9 Å². The molecule has 0 fully saturated rings. The maximum absolute atomic E-state index is 13.3. The van der Waals surface area contributed by atoms with E-state index in [1.165, 1.54) is 12.1 Å². The van der Waals surface area contributed by atoms with Crippen LogP contribution in [0.15, 0.2) is 89.9 Å². The van der Waals surface area contributed by atoms with Crippen LogP contribution in [0.4, 0.5) is 4.39 Å². The Morgan fingerprint density at radius 1 is 1.08 bits per heavy atom. The van der Waals surface area contributed by atoms with Gasteiger partial charge in [-0.2, -0.15) is 0 Å². The summed E-state index contributed by atoms with van der Waals surface area (Å²) in [5.41, 5.74) is 7.07. The van der Waals surface area contributed by atoms with Crippen molar-refractivity contribution in [2.45, 2.75) is 24.9 Å². The highest BCUT2D eigenvalue weighted by molar-refractivity contribution is 6.00. The van der Waals surface area contributed by atoms with Gasteiger partial charge in [-0.3, -0.25) is 10.2 Å². The maximum Gasteiger partial charge on any atom is 0.266 e. The Morgan fingerprint density at radius 2 is 1.84 bits per heavy atom. The molecule has 1 aliphatic heterocycles. The van der Waals surface area contributed by atoms with Crippen LogP contribution in [0.25, 0.3) is 6.08 Å². The zero-order valence-electron chi connectivity index (χ0n) is 20.4. The van der Waals surface area contributed by atoms with Crippen LogP contribution in [-0.4, -0.2) is 42.3 Å². The number of hydrogen-bond donors (Lipinski definition) is 3. The molecule has 37 heavy (non-hydrogen) atoms. The van der Waals surface area contributed by atoms with Crippen LogP contribution in [0.1, 0.15) is 29.5 Å². The van der Waals surface area contributed by atoms with Crippen molar-refractivity contribution in [2.75, 3.05) is 19.8 Å². The Bertz CT molecular complexity index is 1210. The van der Waals surface area contributed by atoms with Gasteiger partial charge in [-0.1, -0.05) is 54.6 Å². The predicted molar refractivity (Wildman–Crippen MR) is 140 cm³/mol. The van der Waals surface area contributed by atoms with Gasteiger partial charge in [0.2, 0.25) is 5.90 Å². The van der Waals surface area contributed by atoms with Crippen molar-refractivity contribution in [1.29, 1.82) is 0 Å². The van der Waals surface area contributed by atoms with E-state index >= 15 is 0 Å². The number of aliphatic hydroxyl groups excluding tert-OH is 1. The lowest BCUT2D eigenvalue weighted by molar-refractivity contribution is -0.127. The third-order valence-electron chi connectivity index (χ3n) is 5.83. The van der Waals surface area contributed by atoms with Crippen molar-refractivity contribution in [3.05, 3.63) is 107 Å². The Kier molecular flexibility index (Phi) is 9.02. The van der Waals surface area contributed by atoms with Gasteiger partial charge in [0.05, 0.1) is 6.61 Å². The lowest BCUT2D eigenvalue weighted by Gasteiger charge is -2.22. The molecule has 0 aliphatic carbocycles. The lowest BCUT2D eigenvalue weighted by Crippen LogP contribution is -2.51. The first-order chi connectivity index (χ1) is 18.1. The van der Waals surface area contributed by atoms with E-state index in [1.807, 2.05) is 54.6 Å². The number of carbonyl (C=O) groups excluding carboxylic acids is 1. The second-order valence-corrected chi connectivity index (χ2v) is 8.64. The molecule has 1 amide bonds. The second-order valence-electron chi connectivity index (χ2n) is 8.64. The standard InChI is InChI=1S/C29H30FN3O4/c30-25-13-9-23(10-14-25)20-31-33-28(35)29(17-4-8-22-6-2-1-3-7-22)21-37-27(32-29)24-11-15-26(16-12-24)36-19-5-18-34/h1-4,6-16,31,34H,5,17-21H2,(H,33,35)/b8-4+/t29-/m0/s1. The van der Waals surface area contributed by atoms with E-state index in [-0.39, 0.29) is 24.9 Å². The SMILES string of the molecule is O=C(NNCc1ccc(F)cc1)[C@]1(C/C=C/c2ccccc2)COC(c2ccc(OCCCO)cc2)=N1. The van der Waals surface area contributed by atoms with Crippen LogP contribution in [-0.2, 0) is 16.1 Å². The number of aliphatic hydroxyl groups is 1. The topological polar surface area (TPSA) is 92.2 Å². The fraction of sp³-hybridized carbons (Fsp3) is 0.241. The molecule has 3 N–H and O–H groups in total. The summed E-state index contributed by atoms with van der Waals surface area (Å²) in [5.74, 6) is 0.414. The molecule has 0 unspecified atom stereocenters. The summed E-state index contributed by atoms with van der Waals surface area (Å²) in [5, 5.41) is 8.91. The molecule has 0 saturated heterocycles. The van der Waals surface area contributed by atoms with Gasteiger partial charge in [0.25, 0.3) is 5.91 Å². The van der Waals surface area contributed by atoms with E-state index in [9.17, 15) is 9.18 Å². The number of nitrogens with zero attached hydrogens (tertiary/aromatic N) is 1. The Balaban J connectivity index is 1.47. The molecule has 0 saturated carbocycles. The number of hydrazine groups is 1. The zero-order chi connectivity index (χ0) is 25.9. The first-order valence-electron chi connectivity index (χ1n) is 12.1. The molecule has 7 nitrogen and oxygen atoms in total. The Hall–Kier alpha value is -4.01. The van der Waals surface area contributed by atoms with E-state index in [1.54, 1.807) is 24.3 Å². The average molecular weight is 504 g/mol. The number of halogens is 1. The molecular formula is C29H30FN3O4. The van der Waals surface area contributed by atoms with Crippen molar-refractivity contribution >= 4 is 17.9 Å². The first-order valence-corrected chi connectivity index (χ1v) is 12.1. The molecule has 3 aromatic carbocycles. The molecule has 4 rings (SSSR count). The number of rotatable bonds is 12. The van der Waals surface area contributed by atoms with Crippen molar-refractivity contribution in [3.63, 3.8) is 0 Å². The molecule has 1 heterocycles. The smallest absolute Gasteiger partial charge is 0.266 e. The normalized spacial score (nSPS) is 16.9. The average Bonchev–Trinajstić information content (AvgIpc) is 3.36.